The third kappa shape index (κ3) is 3.54. The van der Waals surface area contributed by atoms with Gasteiger partial charge in [-0.05, 0) is 23.3 Å². The van der Waals surface area contributed by atoms with Crippen molar-refractivity contribution in [2.75, 3.05) is 19.6 Å². The van der Waals surface area contributed by atoms with Crippen molar-refractivity contribution in [3.63, 3.8) is 0 Å². The minimum Gasteiger partial charge on any atom is -0.493 e. The molecule has 148 valence electrons. The molecule has 0 radical (unpaired) electrons. The van der Waals surface area contributed by atoms with Gasteiger partial charge in [0.05, 0.1) is 26.5 Å². The van der Waals surface area contributed by atoms with Crippen LogP contribution in [0.2, 0.25) is 0 Å². The lowest BCUT2D eigenvalue weighted by molar-refractivity contribution is 0.0598. The normalized spacial score (nSPS) is 11.7. The molecule has 29 heavy (non-hydrogen) atoms. The molecule has 4 rings (SSSR count). The first kappa shape index (κ1) is 18.6. The van der Waals surface area contributed by atoms with E-state index in [2.05, 4.69) is 10.2 Å². The quantitative estimate of drug-likeness (QED) is 0.673. The maximum Gasteiger partial charge on any atom is 0.343 e. The van der Waals surface area contributed by atoms with E-state index in [1.807, 2.05) is 42.5 Å². The number of hydrogen-bond acceptors (Lipinski definition) is 6. The second-order valence-corrected chi connectivity index (χ2v) is 6.57. The molecule has 2 aromatic carbocycles. The lowest BCUT2D eigenvalue weighted by Crippen LogP contribution is -2.27. The molecule has 2 heterocycles. The highest BCUT2D eigenvalue weighted by molar-refractivity contribution is 5.89. The van der Waals surface area contributed by atoms with Gasteiger partial charge in [0.2, 0.25) is 0 Å². The average Bonchev–Trinajstić information content (AvgIpc) is 2.76. The molecular weight excluding hydrogens is 372 g/mol. The Kier molecular flexibility index (Phi) is 4.95. The van der Waals surface area contributed by atoms with Gasteiger partial charge >= 0.3 is 5.97 Å². The minimum absolute atomic E-state index is 0.0259. The SMILES string of the molecule is COC(=O)c1cn2c(cc1=O)-c1cc(OC)c(OCc3ccccc3)cc1CN2. The van der Waals surface area contributed by atoms with Crippen molar-refractivity contribution in [1.29, 1.82) is 0 Å². The highest BCUT2D eigenvalue weighted by atomic mass is 16.5. The summed E-state index contributed by atoms with van der Waals surface area (Å²) in [5, 5.41) is 0. The number of esters is 1. The van der Waals surface area contributed by atoms with Gasteiger partial charge in [0.15, 0.2) is 16.9 Å². The lowest BCUT2D eigenvalue weighted by atomic mass is 10.0. The molecule has 0 saturated heterocycles. The molecule has 7 heteroatoms. The van der Waals surface area contributed by atoms with Crippen LogP contribution in [-0.2, 0) is 17.9 Å². The Morgan fingerprint density at radius 2 is 1.90 bits per heavy atom. The first-order chi connectivity index (χ1) is 14.1. The van der Waals surface area contributed by atoms with Crippen LogP contribution in [0, 0.1) is 0 Å². The molecule has 0 aliphatic carbocycles. The first-order valence-corrected chi connectivity index (χ1v) is 9.07. The molecular formula is C22H20N2O5. The Bertz CT molecular complexity index is 1120. The fourth-order valence-corrected chi connectivity index (χ4v) is 3.30. The number of pyridine rings is 1. The number of ether oxygens (including phenoxy) is 3. The zero-order valence-corrected chi connectivity index (χ0v) is 16.1. The second-order valence-electron chi connectivity index (χ2n) is 6.57. The van der Waals surface area contributed by atoms with Crippen LogP contribution in [0.25, 0.3) is 11.3 Å². The Hall–Kier alpha value is -3.74. The predicted octanol–water partition coefficient (Wildman–Crippen LogP) is 2.95. The maximum atomic E-state index is 12.4. The van der Waals surface area contributed by atoms with Crippen molar-refractivity contribution < 1.29 is 19.0 Å². The third-order valence-electron chi connectivity index (χ3n) is 4.80. The highest BCUT2D eigenvalue weighted by Gasteiger charge is 2.22. The highest BCUT2D eigenvalue weighted by Crippen LogP contribution is 2.37. The number of fused-ring (bicyclic) bond motifs is 3. The molecule has 7 nitrogen and oxygen atoms in total. The number of rotatable bonds is 5. The maximum absolute atomic E-state index is 12.4. The van der Waals surface area contributed by atoms with E-state index in [1.165, 1.54) is 19.4 Å². The van der Waals surface area contributed by atoms with E-state index in [4.69, 9.17) is 9.47 Å². The number of nitrogens with zero attached hydrogens (tertiary/aromatic N) is 1. The Labute approximate surface area is 167 Å². The molecule has 3 aromatic rings. The van der Waals surface area contributed by atoms with Crippen molar-refractivity contribution in [2.45, 2.75) is 13.2 Å². The van der Waals surface area contributed by atoms with Crippen molar-refractivity contribution in [3.8, 4) is 22.8 Å². The van der Waals surface area contributed by atoms with Crippen LogP contribution in [0.1, 0.15) is 21.5 Å². The van der Waals surface area contributed by atoms with Crippen molar-refractivity contribution >= 4 is 5.97 Å². The standard InChI is InChI=1S/C22H20N2O5/c1-27-20-9-16-15(8-21(20)29-13-14-6-4-3-5-7-14)11-23-24-12-17(22(26)28-2)19(25)10-18(16)24/h3-10,12,23H,11,13H2,1-2H3. The van der Waals surface area contributed by atoms with Crippen LogP contribution >= 0.6 is 0 Å². The first-order valence-electron chi connectivity index (χ1n) is 9.07. The summed E-state index contributed by atoms with van der Waals surface area (Å²) in [5.74, 6) is 0.525. The summed E-state index contributed by atoms with van der Waals surface area (Å²) in [6.45, 7) is 0.916. The number of methoxy groups -OCH3 is 2. The summed E-state index contributed by atoms with van der Waals surface area (Å²) in [4.78, 5) is 24.2. The Morgan fingerprint density at radius 3 is 2.62 bits per heavy atom. The van der Waals surface area contributed by atoms with Crippen LogP contribution < -0.4 is 20.3 Å². The summed E-state index contributed by atoms with van der Waals surface area (Å²) in [5.41, 5.74) is 6.23. The molecule has 0 amide bonds. The smallest absolute Gasteiger partial charge is 0.343 e. The summed E-state index contributed by atoms with van der Waals surface area (Å²) in [7, 11) is 2.82. The van der Waals surface area contributed by atoms with E-state index in [9.17, 15) is 9.59 Å². The Morgan fingerprint density at radius 1 is 1.10 bits per heavy atom. The number of hydrogen-bond donors (Lipinski definition) is 1. The number of aromatic nitrogens is 1. The molecule has 1 aromatic heterocycles. The van der Waals surface area contributed by atoms with Gasteiger partial charge in [-0.25, -0.2) is 4.79 Å². The van der Waals surface area contributed by atoms with Gasteiger partial charge in [0.25, 0.3) is 0 Å². The van der Waals surface area contributed by atoms with Gasteiger partial charge < -0.3 is 19.6 Å². The molecule has 1 aliphatic rings. The molecule has 1 aliphatic heterocycles. The van der Waals surface area contributed by atoms with Crippen LogP contribution in [-0.4, -0.2) is 24.9 Å². The van der Waals surface area contributed by atoms with E-state index >= 15 is 0 Å². The minimum atomic E-state index is -0.667. The zero-order valence-electron chi connectivity index (χ0n) is 16.1. The molecule has 1 N–H and O–H groups in total. The van der Waals surface area contributed by atoms with E-state index in [1.54, 1.807) is 11.8 Å². The number of carbonyl (C=O) groups excluding carboxylic acids is 1. The molecule has 0 unspecified atom stereocenters. The van der Waals surface area contributed by atoms with Gasteiger partial charge in [0.1, 0.15) is 12.2 Å². The second kappa shape index (κ2) is 7.71. The average molecular weight is 392 g/mol. The van der Waals surface area contributed by atoms with E-state index in [0.29, 0.717) is 30.3 Å². The summed E-state index contributed by atoms with van der Waals surface area (Å²) < 4.78 is 17.8. The topological polar surface area (TPSA) is 78.8 Å². The molecule has 0 fully saturated rings. The lowest BCUT2D eigenvalue weighted by Gasteiger charge is -2.25. The number of benzene rings is 2. The summed E-state index contributed by atoms with van der Waals surface area (Å²) in [6, 6.07) is 15.0. The molecule has 0 bridgehead atoms. The zero-order chi connectivity index (χ0) is 20.4. The predicted molar refractivity (Wildman–Crippen MR) is 108 cm³/mol. The van der Waals surface area contributed by atoms with E-state index in [-0.39, 0.29) is 5.56 Å². The van der Waals surface area contributed by atoms with Gasteiger partial charge in [-0.2, -0.15) is 0 Å². The van der Waals surface area contributed by atoms with Crippen molar-refractivity contribution in [1.82, 2.24) is 4.68 Å². The fourth-order valence-electron chi connectivity index (χ4n) is 3.30. The van der Waals surface area contributed by atoms with Crippen molar-refractivity contribution in [2.24, 2.45) is 0 Å². The van der Waals surface area contributed by atoms with Gasteiger partial charge in [-0.3, -0.25) is 9.47 Å². The monoisotopic (exact) mass is 392 g/mol. The van der Waals surface area contributed by atoms with Crippen LogP contribution in [0.3, 0.4) is 0 Å². The van der Waals surface area contributed by atoms with Crippen LogP contribution in [0.4, 0.5) is 0 Å². The van der Waals surface area contributed by atoms with Crippen LogP contribution in [0.5, 0.6) is 11.5 Å². The van der Waals surface area contributed by atoms with Crippen LogP contribution in [0.15, 0.2) is 59.5 Å². The summed E-state index contributed by atoms with van der Waals surface area (Å²) in [6.07, 6.45) is 1.46. The van der Waals surface area contributed by atoms with E-state index < -0.39 is 11.4 Å². The molecule has 0 atom stereocenters. The van der Waals surface area contributed by atoms with E-state index in [0.717, 1.165) is 16.7 Å². The molecule has 0 saturated carbocycles. The third-order valence-corrected chi connectivity index (χ3v) is 4.80. The summed E-state index contributed by atoms with van der Waals surface area (Å²) >= 11 is 0. The van der Waals surface area contributed by atoms with Gasteiger partial charge in [-0.1, -0.05) is 30.3 Å². The number of carbonyl (C=O) groups is 1. The largest absolute Gasteiger partial charge is 0.493 e. The number of nitrogens with one attached hydrogen (secondary N) is 1. The van der Waals surface area contributed by atoms with Crippen molar-refractivity contribution in [3.05, 3.63) is 81.6 Å². The fraction of sp³-hybridized carbons (Fsp3) is 0.182. The Balaban J connectivity index is 1.71. The van der Waals surface area contributed by atoms with Gasteiger partial charge in [-0.15, -0.1) is 0 Å². The molecule has 0 spiro atoms. The van der Waals surface area contributed by atoms with Gasteiger partial charge in [0, 0.05) is 17.8 Å².